The molecule has 112 valence electrons. The second kappa shape index (κ2) is 7.75. The van der Waals surface area contributed by atoms with Crippen molar-refractivity contribution in [1.29, 1.82) is 0 Å². The van der Waals surface area contributed by atoms with Gasteiger partial charge in [-0.1, -0.05) is 13.0 Å². The molecule has 5 nitrogen and oxygen atoms in total. The van der Waals surface area contributed by atoms with Gasteiger partial charge in [-0.3, -0.25) is 4.79 Å². The molecule has 0 saturated carbocycles. The topological polar surface area (TPSA) is 50.8 Å². The Kier molecular flexibility index (Phi) is 6.31. The average molecular weight is 280 g/mol. The number of carbonyl (C=O) groups is 1. The summed E-state index contributed by atoms with van der Waals surface area (Å²) in [6, 6.07) is 5.74. The van der Waals surface area contributed by atoms with Crippen molar-refractivity contribution in [1.82, 2.24) is 10.2 Å². The van der Waals surface area contributed by atoms with Crippen LogP contribution in [0.5, 0.6) is 11.5 Å². The van der Waals surface area contributed by atoms with E-state index in [9.17, 15) is 4.79 Å². The summed E-state index contributed by atoms with van der Waals surface area (Å²) in [5.41, 5.74) is 1.09. The highest BCUT2D eigenvalue weighted by molar-refractivity contribution is 5.80. The molecular weight excluding hydrogens is 256 g/mol. The Morgan fingerprint density at radius 1 is 1.35 bits per heavy atom. The summed E-state index contributed by atoms with van der Waals surface area (Å²) < 4.78 is 11.0. The maximum atomic E-state index is 11.9. The van der Waals surface area contributed by atoms with E-state index in [1.165, 1.54) is 4.90 Å². The third-order valence-electron chi connectivity index (χ3n) is 2.90. The lowest BCUT2D eigenvalue weighted by molar-refractivity contribution is -0.135. The predicted molar refractivity (Wildman–Crippen MR) is 79.2 cm³/mol. The van der Waals surface area contributed by atoms with Crippen molar-refractivity contribution in [2.24, 2.45) is 0 Å². The van der Waals surface area contributed by atoms with Gasteiger partial charge in [-0.05, 0) is 31.2 Å². The first-order chi connectivity index (χ1) is 9.49. The van der Waals surface area contributed by atoms with Crippen molar-refractivity contribution in [2.45, 2.75) is 26.5 Å². The van der Waals surface area contributed by atoms with Crippen LogP contribution >= 0.6 is 0 Å². The smallest absolute Gasteiger partial charge is 0.262 e. The van der Waals surface area contributed by atoms with E-state index in [0.29, 0.717) is 11.5 Å². The number of hydrogen-bond donors (Lipinski definition) is 1. The molecule has 1 aromatic rings. The Morgan fingerprint density at radius 2 is 2.05 bits per heavy atom. The lowest BCUT2D eigenvalue weighted by atomic mass is 10.2. The van der Waals surface area contributed by atoms with E-state index in [0.717, 1.165) is 18.7 Å². The van der Waals surface area contributed by atoms with Crippen LogP contribution < -0.4 is 14.8 Å². The fourth-order valence-corrected chi connectivity index (χ4v) is 1.80. The molecule has 1 rings (SSSR count). The third-order valence-corrected chi connectivity index (χ3v) is 2.90. The number of hydrogen-bond acceptors (Lipinski definition) is 4. The summed E-state index contributed by atoms with van der Waals surface area (Å²) in [6.45, 7) is 5.45. The Morgan fingerprint density at radius 3 is 2.60 bits per heavy atom. The quantitative estimate of drug-likeness (QED) is 0.825. The highest BCUT2D eigenvalue weighted by Gasteiger charge is 2.18. The van der Waals surface area contributed by atoms with Crippen LogP contribution in [0, 0.1) is 0 Å². The van der Waals surface area contributed by atoms with E-state index in [2.05, 4.69) is 12.2 Å². The summed E-state index contributed by atoms with van der Waals surface area (Å²) in [5.74, 6) is 1.14. The van der Waals surface area contributed by atoms with Gasteiger partial charge in [0.2, 0.25) is 0 Å². The van der Waals surface area contributed by atoms with E-state index in [1.54, 1.807) is 28.1 Å². The van der Waals surface area contributed by atoms with Gasteiger partial charge in [-0.15, -0.1) is 0 Å². The van der Waals surface area contributed by atoms with Crippen LogP contribution in [0.2, 0.25) is 0 Å². The molecule has 0 spiro atoms. The zero-order valence-corrected chi connectivity index (χ0v) is 12.9. The van der Waals surface area contributed by atoms with Crippen LogP contribution in [0.1, 0.15) is 19.4 Å². The number of nitrogens with one attached hydrogen (secondary N) is 1. The van der Waals surface area contributed by atoms with Gasteiger partial charge in [0.05, 0.1) is 7.11 Å². The van der Waals surface area contributed by atoms with Crippen molar-refractivity contribution in [2.75, 3.05) is 27.7 Å². The Balaban J connectivity index is 2.87. The predicted octanol–water partition coefficient (Wildman–Crippen LogP) is 1.66. The van der Waals surface area contributed by atoms with Crippen molar-refractivity contribution in [3.8, 4) is 11.5 Å². The molecular formula is C15H24N2O3. The molecule has 0 fully saturated rings. The summed E-state index contributed by atoms with van der Waals surface area (Å²) in [5, 5.41) is 3.25. The highest BCUT2D eigenvalue weighted by Crippen LogP contribution is 2.29. The van der Waals surface area contributed by atoms with Crippen molar-refractivity contribution in [3.63, 3.8) is 0 Å². The molecule has 20 heavy (non-hydrogen) atoms. The average Bonchev–Trinajstić information content (AvgIpc) is 2.44. The lowest BCUT2D eigenvalue weighted by Crippen LogP contribution is -2.35. The van der Waals surface area contributed by atoms with Gasteiger partial charge in [0.1, 0.15) is 0 Å². The second-order valence-electron chi connectivity index (χ2n) is 4.76. The third kappa shape index (κ3) is 4.42. The molecule has 1 N–H and O–H groups in total. The molecule has 5 heteroatoms. The van der Waals surface area contributed by atoms with Gasteiger partial charge in [0.15, 0.2) is 17.6 Å². The van der Waals surface area contributed by atoms with Gasteiger partial charge < -0.3 is 19.7 Å². The van der Waals surface area contributed by atoms with E-state index in [-0.39, 0.29) is 5.91 Å². The molecule has 0 bridgehead atoms. The minimum atomic E-state index is -0.548. The normalized spacial score (nSPS) is 11.8. The Bertz CT molecular complexity index is 447. The Labute approximate surface area is 120 Å². The van der Waals surface area contributed by atoms with Crippen LogP contribution in [-0.2, 0) is 11.3 Å². The van der Waals surface area contributed by atoms with Crippen LogP contribution in [0.4, 0.5) is 0 Å². The van der Waals surface area contributed by atoms with Crippen LogP contribution in [0.15, 0.2) is 18.2 Å². The molecule has 0 heterocycles. The summed E-state index contributed by atoms with van der Waals surface area (Å²) in [4.78, 5) is 13.4. The molecule has 1 atom stereocenters. The van der Waals surface area contributed by atoms with Gasteiger partial charge in [0, 0.05) is 20.6 Å². The molecule has 0 aliphatic carbocycles. The van der Waals surface area contributed by atoms with E-state index < -0.39 is 6.10 Å². The molecule has 0 aromatic heterocycles. The minimum Gasteiger partial charge on any atom is -0.493 e. The summed E-state index contributed by atoms with van der Waals surface area (Å²) in [6.07, 6.45) is -0.548. The highest BCUT2D eigenvalue weighted by atomic mass is 16.5. The van der Waals surface area contributed by atoms with Crippen LogP contribution in [0.25, 0.3) is 0 Å². The van der Waals surface area contributed by atoms with E-state index in [1.807, 2.05) is 18.2 Å². The largest absolute Gasteiger partial charge is 0.493 e. The van der Waals surface area contributed by atoms with Crippen LogP contribution in [-0.4, -0.2) is 44.7 Å². The molecule has 0 aliphatic rings. The fourth-order valence-electron chi connectivity index (χ4n) is 1.80. The number of methoxy groups -OCH3 is 1. The molecule has 1 aromatic carbocycles. The number of rotatable bonds is 7. The molecule has 1 unspecified atom stereocenters. The number of likely N-dealkylation sites (N-methyl/N-ethyl adjacent to an activating group) is 1. The van der Waals surface area contributed by atoms with Gasteiger partial charge in [0.25, 0.3) is 5.91 Å². The minimum absolute atomic E-state index is 0.0795. The monoisotopic (exact) mass is 280 g/mol. The molecule has 0 radical (unpaired) electrons. The van der Waals surface area contributed by atoms with Gasteiger partial charge in [-0.2, -0.15) is 0 Å². The maximum absolute atomic E-state index is 11.9. The van der Waals surface area contributed by atoms with Gasteiger partial charge >= 0.3 is 0 Å². The van der Waals surface area contributed by atoms with E-state index in [4.69, 9.17) is 9.47 Å². The first-order valence-corrected chi connectivity index (χ1v) is 6.75. The summed E-state index contributed by atoms with van der Waals surface area (Å²) in [7, 11) is 5.01. The standard InChI is InChI=1S/C15H24N2O3/c1-6-16-10-12-7-8-13(19-5)14(9-12)20-11(2)15(18)17(3)4/h7-9,11,16H,6,10H2,1-5H3. The summed E-state index contributed by atoms with van der Waals surface area (Å²) >= 11 is 0. The Hall–Kier alpha value is -1.75. The fraction of sp³-hybridized carbons (Fsp3) is 0.533. The van der Waals surface area contributed by atoms with Crippen LogP contribution in [0.3, 0.4) is 0 Å². The number of benzene rings is 1. The van der Waals surface area contributed by atoms with E-state index >= 15 is 0 Å². The maximum Gasteiger partial charge on any atom is 0.262 e. The van der Waals surface area contributed by atoms with Crippen molar-refractivity contribution < 1.29 is 14.3 Å². The first kappa shape index (κ1) is 16.3. The number of nitrogens with zero attached hydrogens (tertiary/aromatic N) is 1. The number of carbonyl (C=O) groups excluding carboxylic acids is 1. The SMILES string of the molecule is CCNCc1ccc(OC)c(OC(C)C(=O)N(C)C)c1. The zero-order chi connectivity index (χ0) is 15.1. The van der Waals surface area contributed by atoms with Crippen molar-refractivity contribution >= 4 is 5.91 Å². The number of amides is 1. The first-order valence-electron chi connectivity index (χ1n) is 6.75. The zero-order valence-electron chi connectivity index (χ0n) is 12.9. The van der Waals surface area contributed by atoms with Gasteiger partial charge in [-0.25, -0.2) is 0 Å². The second-order valence-corrected chi connectivity index (χ2v) is 4.76. The van der Waals surface area contributed by atoms with Crippen molar-refractivity contribution in [3.05, 3.63) is 23.8 Å². The lowest BCUT2D eigenvalue weighted by Gasteiger charge is -2.20. The molecule has 1 amide bonds. The number of ether oxygens (including phenoxy) is 2. The molecule has 0 saturated heterocycles. The molecule has 0 aliphatic heterocycles.